The van der Waals surface area contributed by atoms with E-state index in [1.54, 1.807) is 6.08 Å². The summed E-state index contributed by atoms with van der Waals surface area (Å²) in [6.45, 7) is 18.1. The van der Waals surface area contributed by atoms with Crippen LogP contribution in [-0.4, -0.2) is 5.83 Å². The van der Waals surface area contributed by atoms with Crippen LogP contribution in [0.2, 0.25) is 0 Å². The monoisotopic (exact) mass is 320 g/mol. The van der Waals surface area contributed by atoms with Crippen LogP contribution in [0.5, 0.6) is 0 Å². The Morgan fingerprint density at radius 1 is 0.833 bits per heavy atom. The van der Waals surface area contributed by atoms with Crippen molar-refractivity contribution in [1.82, 2.24) is 0 Å². The van der Waals surface area contributed by atoms with Crippen molar-refractivity contribution >= 4 is 15.9 Å². The minimum atomic E-state index is 1.25. The fourth-order valence-corrected chi connectivity index (χ4v) is 0.254. The van der Waals surface area contributed by atoms with Crippen molar-refractivity contribution in [3.8, 4) is 0 Å². The third kappa shape index (κ3) is 154. The van der Waals surface area contributed by atoms with Crippen LogP contribution in [0.4, 0.5) is 0 Å². The third-order valence-corrected chi connectivity index (χ3v) is 1.05. The molecule has 0 aliphatic carbocycles. The van der Waals surface area contributed by atoms with Gasteiger partial charge in [0.2, 0.25) is 0 Å². The first-order chi connectivity index (χ1) is 8.74. The van der Waals surface area contributed by atoms with E-state index < -0.39 is 0 Å². The van der Waals surface area contributed by atoms with Crippen molar-refractivity contribution in [2.45, 2.75) is 67.7 Å². The maximum atomic E-state index is 3.51. The molecule has 0 N–H and O–H groups in total. The van der Waals surface area contributed by atoms with Crippen LogP contribution < -0.4 is 0 Å². The lowest BCUT2D eigenvalue weighted by molar-refractivity contribution is 0.886. The Morgan fingerprint density at radius 3 is 1.33 bits per heavy atom. The normalized spacial score (nSPS) is 7.61. The highest BCUT2D eigenvalue weighted by molar-refractivity contribution is 9.08. The first-order valence-corrected chi connectivity index (χ1v) is 8.61. The zero-order valence-electron chi connectivity index (χ0n) is 14.1. The number of hydrogen-bond donors (Lipinski definition) is 0. The van der Waals surface area contributed by atoms with Gasteiger partial charge in [0.05, 0.1) is 0 Å². The number of halogens is 1. The van der Waals surface area contributed by atoms with Crippen molar-refractivity contribution in [2.24, 2.45) is 0 Å². The summed E-state index contributed by atoms with van der Waals surface area (Å²) < 4.78 is 0. The molecule has 0 saturated heterocycles. The zero-order valence-corrected chi connectivity index (χ0v) is 15.7. The highest BCUT2D eigenvalue weighted by atomic mass is 79.9. The van der Waals surface area contributed by atoms with Crippen LogP contribution in [0.3, 0.4) is 0 Å². The van der Waals surface area contributed by atoms with E-state index in [0.717, 1.165) is 0 Å². The molecule has 0 spiro atoms. The predicted molar refractivity (Wildman–Crippen MR) is 96.9 cm³/mol. The molecule has 0 heterocycles. The molecule has 0 aromatic heterocycles. The molecule has 0 aromatic rings. The molecule has 0 saturated carbocycles. The molecule has 0 atom stereocenters. The van der Waals surface area contributed by atoms with Gasteiger partial charge in [-0.2, -0.15) is 0 Å². The number of hydrogen-bond acceptors (Lipinski definition) is 0. The van der Waals surface area contributed by atoms with Crippen molar-refractivity contribution in [1.29, 1.82) is 0 Å². The molecule has 0 aliphatic heterocycles. The third-order valence-electron chi connectivity index (χ3n) is 1.05. The first-order valence-electron chi connectivity index (χ1n) is 7.03. The molecule has 0 aromatic carbocycles. The van der Waals surface area contributed by atoms with Gasteiger partial charge in [0.15, 0.2) is 0 Å². The lowest BCUT2D eigenvalue weighted by Crippen LogP contribution is -1.47. The SMILES string of the molecule is C=C/C=C\C=C\C.CBr.CC.CCC.CCCC. The van der Waals surface area contributed by atoms with Crippen LogP contribution in [0.1, 0.15) is 67.7 Å². The van der Waals surface area contributed by atoms with E-state index in [-0.39, 0.29) is 0 Å². The van der Waals surface area contributed by atoms with Gasteiger partial charge in [-0.15, -0.1) is 0 Å². The van der Waals surface area contributed by atoms with Crippen LogP contribution in [0.25, 0.3) is 0 Å². The van der Waals surface area contributed by atoms with Crippen LogP contribution >= 0.6 is 15.9 Å². The number of rotatable bonds is 3. The minimum Gasteiger partial charge on any atom is -0.0991 e. The van der Waals surface area contributed by atoms with Crippen molar-refractivity contribution in [3.63, 3.8) is 0 Å². The summed E-state index contributed by atoms with van der Waals surface area (Å²) in [6, 6.07) is 0. The van der Waals surface area contributed by atoms with E-state index in [0.29, 0.717) is 0 Å². The minimum absolute atomic E-state index is 1.25. The second-order valence-electron chi connectivity index (χ2n) is 2.85. The summed E-state index contributed by atoms with van der Waals surface area (Å²) in [4.78, 5) is 0. The molecule has 0 amide bonds. The van der Waals surface area contributed by atoms with Gasteiger partial charge in [-0.05, 0) is 12.8 Å². The summed E-state index contributed by atoms with van der Waals surface area (Å²) in [5.41, 5.74) is 0. The molecule has 0 rings (SSSR count). The Labute approximate surface area is 126 Å². The van der Waals surface area contributed by atoms with Gasteiger partial charge >= 0.3 is 0 Å². The molecule has 0 radical (unpaired) electrons. The molecular weight excluding hydrogens is 284 g/mol. The topological polar surface area (TPSA) is 0 Å². The maximum Gasteiger partial charge on any atom is -0.00848 e. The summed E-state index contributed by atoms with van der Waals surface area (Å²) in [6.07, 6.45) is 13.4. The molecule has 0 aliphatic rings. The van der Waals surface area contributed by atoms with Crippen molar-refractivity contribution in [3.05, 3.63) is 37.0 Å². The smallest absolute Gasteiger partial charge is 0.00848 e. The number of allylic oxidation sites excluding steroid dienone is 5. The highest BCUT2D eigenvalue weighted by Gasteiger charge is 1.56. The molecule has 0 bridgehead atoms. The summed E-state index contributed by atoms with van der Waals surface area (Å²) in [5, 5.41) is 0. The van der Waals surface area contributed by atoms with Crippen LogP contribution in [0.15, 0.2) is 37.0 Å². The fourth-order valence-electron chi connectivity index (χ4n) is 0.254. The number of alkyl halides is 1. The first kappa shape index (κ1) is 30.6. The van der Waals surface area contributed by atoms with Gasteiger partial charge < -0.3 is 0 Å². The quantitative estimate of drug-likeness (QED) is 0.371. The van der Waals surface area contributed by atoms with E-state index in [2.05, 4.69) is 50.2 Å². The summed E-state index contributed by atoms with van der Waals surface area (Å²) >= 11 is 2.94. The average Bonchev–Trinajstić information content (AvgIpc) is 2.45. The van der Waals surface area contributed by atoms with E-state index in [4.69, 9.17) is 0 Å². The molecule has 0 nitrogen and oxygen atoms in total. The van der Waals surface area contributed by atoms with E-state index in [9.17, 15) is 0 Å². The van der Waals surface area contributed by atoms with Gasteiger partial charge in [-0.1, -0.05) is 114 Å². The Morgan fingerprint density at radius 2 is 1.17 bits per heavy atom. The van der Waals surface area contributed by atoms with Crippen molar-refractivity contribution in [2.75, 3.05) is 5.83 Å². The van der Waals surface area contributed by atoms with Crippen LogP contribution in [-0.2, 0) is 0 Å². The molecular formula is C17H37Br. The number of unbranched alkanes of at least 4 members (excludes halogenated alkanes) is 1. The van der Waals surface area contributed by atoms with Gasteiger partial charge in [0, 0.05) is 0 Å². The second kappa shape index (κ2) is 69.4. The molecule has 0 fully saturated rings. The largest absolute Gasteiger partial charge is 0.0991 e. The zero-order chi connectivity index (χ0) is 15.7. The Kier molecular flexibility index (Phi) is 118. The summed E-state index contributed by atoms with van der Waals surface area (Å²) in [5.74, 6) is 1.81. The average molecular weight is 321 g/mol. The summed E-state index contributed by atoms with van der Waals surface area (Å²) in [7, 11) is 0. The van der Waals surface area contributed by atoms with E-state index in [1.165, 1.54) is 19.3 Å². The lowest BCUT2D eigenvalue weighted by Gasteiger charge is -1.68. The molecule has 112 valence electrons. The lowest BCUT2D eigenvalue weighted by atomic mass is 10.4. The Hall–Kier alpha value is -0.300. The van der Waals surface area contributed by atoms with Crippen LogP contribution in [0, 0.1) is 0 Å². The molecule has 0 unspecified atom stereocenters. The second-order valence-corrected chi connectivity index (χ2v) is 2.85. The standard InChI is InChI=1S/C7H10.C4H10.C3H8.C2H6.CH3Br/c1-3-5-7-6-4-2;1-3-4-2;1-3-2;2*1-2/h3-7H,1H2,2H3;3-4H2,1-2H3;3H2,1-2H3;1-2H3;1H3/b6-4+,7-5-;;;;. The van der Waals surface area contributed by atoms with Gasteiger partial charge in [-0.3, -0.25) is 0 Å². The van der Waals surface area contributed by atoms with Crippen molar-refractivity contribution < 1.29 is 0 Å². The fraction of sp³-hybridized carbons (Fsp3) is 0.647. The Bertz CT molecular complexity index is 122. The van der Waals surface area contributed by atoms with Gasteiger partial charge in [0.1, 0.15) is 0 Å². The molecule has 18 heavy (non-hydrogen) atoms. The van der Waals surface area contributed by atoms with Gasteiger partial charge in [-0.25, -0.2) is 0 Å². The van der Waals surface area contributed by atoms with E-state index >= 15 is 0 Å². The maximum absolute atomic E-state index is 3.51. The highest BCUT2D eigenvalue weighted by Crippen LogP contribution is 1.76. The Balaban J connectivity index is -0.0000000441. The molecule has 1 heteroatoms. The predicted octanol–water partition coefficient (Wildman–Crippen LogP) is 7.56. The van der Waals surface area contributed by atoms with Gasteiger partial charge in [0.25, 0.3) is 0 Å². The van der Waals surface area contributed by atoms with E-state index in [1.807, 2.05) is 50.9 Å².